The molecule has 1 heterocycles. The third-order valence-corrected chi connectivity index (χ3v) is 6.28. The lowest BCUT2D eigenvalue weighted by Crippen LogP contribution is -2.43. The number of rotatable bonds is 6. The summed E-state index contributed by atoms with van der Waals surface area (Å²) < 4.78 is 21.7. The van der Waals surface area contributed by atoms with E-state index in [1.54, 1.807) is 51.5 Å². The molecule has 3 aromatic carbocycles. The Hall–Kier alpha value is -3.58. The van der Waals surface area contributed by atoms with Gasteiger partial charge < -0.3 is 29.2 Å². The van der Waals surface area contributed by atoms with E-state index in [9.17, 15) is 4.79 Å². The first-order valence-corrected chi connectivity index (χ1v) is 11.2. The summed E-state index contributed by atoms with van der Waals surface area (Å²) in [4.78, 5) is 15.4. The van der Waals surface area contributed by atoms with Gasteiger partial charge in [0.2, 0.25) is 0 Å². The third kappa shape index (κ3) is 4.56. The molecule has 0 radical (unpaired) electrons. The molecule has 34 heavy (non-hydrogen) atoms. The number of nitrogens with zero attached hydrogens (tertiary/aromatic N) is 1. The number of anilines is 1. The molecule has 1 aliphatic heterocycles. The number of halogens is 1. The second kappa shape index (κ2) is 10.1. The molecule has 0 bridgehead atoms. The van der Waals surface area contributed by atoms with Crippen molar-refractivity contribution in [2.45, 2.75) is 12.5 Å². The van der Waals surface area contributed by atoms with Crippen LogP contribution >= 0.6 is 11.6 Å². The monoisotopic (exact) mass is 482 g/mol. The molecule has 4 rings (SSSR count). The van der Waals surface area contributed by atoms with Crippen molar-refractivity contribution in [3.63, 3.8) is 0 Å². The van der Waals surface area contributed by atoms with Crippen molar-refractivity contribution < 1.29 is 23.7 Å². The number of urea groups is 1. The van der Waals surface area contributed by atoms with Gasteiger partial charge in [0.1, 0.15) is 11.5 Å². The minimum atomic E-state index is -0.412. The predicted molar refractivity (Wildman–Crippen MR) is 132 cm³/mol. The third-order valence-electron chi connectivity index (χ3n) is 5.94. The standard InChI is InChI=1S/C26H27ClN2O5/c1-31-18-12-17(13-19(14-18)32-2)28-26(30)29-10-9-16-11-23(33-3)24(34-4)15-21(16)25(29)20-7-5-6-8-22(20)27/h5-8,11-15,25H,9-10H2,1-4H3,(H,28,30). The van der Waals surface area contributed by atoms with Crippen molar-refractivity contribution in [2.75, 3.05) is 40.3 Å². The fourth-order valence-electron chi connectivity index (χ4n) is 4.27. The Labute approximate surface area is 204 Å². The molecule has 0 fully saturated rings. The van der Waals surface area contributed by atoms with Crippen LogP contribution in [0.1, 0.15) is 22.7 Å². The van der Waals surface area contributed by atoms with Gasteiger partial charge in [-0.05, 0) is 41.3 Å². The van der Waals surface area contributed by atoms with Crippen LogP contribution in [0.15, 0.2) is 54.6 Å². The van der Waals surface area contributed by atoms with E-state index < -0.39 is 6.04 Å². The molecule has 0 spiro atoms. The SMILES string of the molecule is COc1cc(NC(=O)N2CCc3cc(OC)c(OC)cc3C2c2ccccc2Cl)cc(OC)c1. The first-order valence-electron chi connectivity index (χ1n) is 10.8. The number of nitrogens with one attached hydrogen (secondary N) is 1. The van der Waals surface area contributed by atoms with Gasteiger partial charge in [-0.15, -0.1) is 0 Å². The fourth-order valence-corrected chi connectivity index (χ4v) is 4.51. The predicted octanol–water partition coefficient (Wildman–Crippen LogP) is 5.55. The van der Waals surface area contributed by atoms with Crippen molar-refractivity contribution in [3.8, 4) is 23.0 Å². The Morgan fingerprint density at radius 1 is 0.882 bits per heavy atom. The quantitative estimate of drug-likeness (QED) is 0.498. The number of amides is 2. The number of benzene rings is 3. The van der Waals surface area contributed by atoms with Gasteiger partial charge in [0.15, 0.2) is 11.5 Å². The largest absolute Gasteiger partial charge is 0.497 e. The van der Waals surface area contributed by atoms with Crippen LogP contribution in [-0.4, -0.2) is 45.9 Å². The average Bonchev–Trinajstić information content (AvgIpc) is 2.87. The normalized spacial score (nSPS) is 14.7. The van der Waals surface area contributed by atoms with Gasteiger partial charge in [-0.3, -0.25) is 0 Å². The van der Waals surface area contributed by atoms with Crippen LogP contribution in [0.4, 0.5) is 10.5 Å². The topological polar surface area (TPSA) is 69.3 Å². The Bertz CT molecular complexity index is 1180. The van der Waals surface area contributed by atoms with E-state index in [0.717, 1.165) is 16.7 Å². The van der Waals surface area contributed by atoms with Crippen molar-refractivity contribution in [2.24, 2.45) is 0 Å². The lowest BCUT2D eigenvalue weighted by molar-refractivity contribution is 0.193. The molecule has 1 atom stereocenters. The average molecular weight is 483 g/mol. The van der Waals surface area contributed by atoms with Crippen LogP contribution in [0.5, 0.6) is 23.0 Å². The molecular formula is C26H27ClN2O5. The van der Waals surface area contributed by atoms with Gasteiger partial charge in [-0.1, -0.05) is 29.8 Å². The zero-order chi connectivity index (χ0) is 24.2. The molecule has 3 aromatic rings. The maximum Gasteiger partial charge on any atom is 0.322 e. The zero-order valence-corrected chi connectivity index (χ0v) is 20.3. The van der Waals surface area contributed by atoms with E-state index in [0.29, 0.717) is 46.7 Å². The van der Waals surface area contributed by atoms with Gasteiger partial charge in [0, 0.05) is 35.5 Å². The van der Waals surface area contributed by atoms with Gasteiger partial charge in [-0.25, -0.2) is 4.79 Å². The Balaban J connectivity index is 1.76. The van der Waals surface area contributed by atoms with Crippen molar-refractivity contribution >= 4 is 23.3 Å². The summed E-state index contributed by atoms with van der Waals surface area (Å²) in [7, 11) is 6.34. The summed E-state index contributed by atoms with van der Waals surface area (Å²) in [6.45, 7) is 0.491. The highest BCUT2D eigenvalue weighted by Gasteiger charge is 2.34. The molecule has 0 aromatic heterocycles. The summed E-state index contributed by atoms with van der Waals surface area (Å²) in [5.41, 5.74) is 3.41. The number of carbonyl (C=O) groups excluding carboxylic acids is 1. The smallest absolute Gasteiger partial charge is 0.322 e. The fraction of sp³-hybridized carbons (Fsp3) is 0.269. The van der Waals surface area contributed by atoms with Crippen molar-refractivity contribution in [1.29, 1.82) is 0 Å². The minimum absolute atomic E-state index is 0.263. The molecule has 1 aliphatic rings. The summed E-state index contributed by atoms with van der Waals surface area (Å²) in [6.07, 6.45) is 0.658. The molecule has 0 saturated carbocycles. The Morgan fingerprint density at radius 2 is 1.53 bits per heavy atom. The van der Waals surface area contributed by atoms with E-state index in [2.05, 4.69) is 5.32 Å². The summed E-state index contributed by atoms with van der Waals surface area (Å²) >= 11 is 6.62. The van der Waals surface area contributed by atoms with Gasteiger partial charge in [0.05, 0.1) is 34.5 Å². The number of hydrogen-bond donors (Lipinski definition) is 1. The van der Waals surface area contributed by atoms with Crippen LogP contribution in [0.25, 0.3) is 0 Å². The number of ether oxygens (including phenoxy) is 4. The number of methoxy groups -OCH3 is 4. The van der Waals surface area contributed by atoms with Crippen molar-refractivity contribution in [3.05, 3.63) is 76.3 Å². The van der Waals surface area contributed by atoms with E-state index in [1.165, 1.54) is 0 Å². The highest BCUT2D eigenvalue weighted by atomic mass is 35.5. The molecule has 1 N–H and O–H groups in total. The summed E-state index contributed by atoms with van der Waals surface area (Å²) in [6, 6.07) is 16.0. The van der Waals surface area contributed by atoms with Crippen molar-refractivity contribution in [1.82, 2.24) is 4.90 Å². The van der Waals surface area contributed by atoms with Crippen LogP contribution in [0.3, 0.4) is 0 Å². The van der Waals surface area contributed by atoms with Crippen LogP contribution in [-0.2, 0) is 6.42 Å². The van der Waals surface area contributed by atoms with Crippen LogP contribution < -0.4 is 24.3 Å². The highest BCUT2D eigenvalue weighted by molar-refractivity contribution is 6.31. The first-order chi connectivity index (χ1) is 16.5. The highest BCUT2D eigenvalue weighted by Crippen LogP contribution is 2.43. The van der Waals surface area contributed by atoms with Gasteiger partial charge in [0.25, 0.3) is 0 Å². The summed E-state index contributed by atoms with van der Waals surface area (Å²) in [5, 5.41) is 3.57. The lowest BCUT2D eigenvalue weighted by atomic mass is 9.87. The second-order valence-electron chi connectivity index (χ2n) is 7.80. The van der Waals surface area contributed by atoms with E-state index in [1.807, 2.05) is 36.4 Å². The molecule has 0 aliphatic carbocycles. The van der Waals surface area contributed by atoms with Crippen LogP contribution in [0, 0.1) is 0 Å². The number of fused-ring (bicyclic) bond motifs is 1. The first kappa shape index (κ1) is 23.6. The molecular weight excluding hydrogens is 456 g/mol. The molecule has 0 saturated heterocycles. The summed E-state index contributed by atoms with van der Waals surface area (Å²) in [5.74, 6) is 2.41. The Morgan fingerprint density at radius 3 is 2.15 bits per heavy atom. The van der Waals surface area contributed by atoms with E-state index in [-0.39, 0.29) is 6.03 Å². The van der Waals surface area contributed by atoms with E-state index >= 15 is 0 Å². The lowest BCUT2D eigenvalue weighted by Gasteiger charge is -2.38. The van der Waals surface area contributed by atoms with Gasteiger partial charge >= 0.3 is 6.03 Å². The Kier molecular flexibility index (Phi) is 7.03. The zero-order valence-electron chi connectivity index (χ0n) is 19.6. The molecule has 178 valence electrons. The molecule has 1 unspecified atom stereocenters. The van der Waals surface area contributed by atoms with E-state index in [4.69, 9.17) is 30.5 Å². The molecule has 2 amide bonds. The number of hydrogen-bond acceptors (Lipinski definition) is 5. The molecule has 8 heteroatoms. The maximum absolute atomic E-state index is 13.6. The van der Waals surface area contributed by atoms with Crippen LogP contribution in [0.2, 0.25) is 5.02 Å². The minimum Gasteiger partial charge on any atom is -0.497 e. The second-order valence-corrected chi connectivity index (χ2v) is 8.21. The maximum atomic E-state index is 13.6. The number of carbonyl (C=O) groups is 1. The molecule has 7 nitrogen and oxygen atoms in total. The van der Waals surface area contributed by atoms with Gasteiger partial charge in [-0.2, -0.15) is 0 Å².